The molecule has 0 spiro atoms. The van der Waals surface area contributed by atoms with Crippen LogP contribution in [0, 0.1) is 5.92 Å². The molecule has 9 heteroatoms. The van der Waals surface area contributed by atoms with Gasteiger partial charge in [-0.2, -0.15) is 0 Å². The highest BCUT2D eigenvalue weighted by atomic mass is 16.4. The first-order valence-corrected chi connectivity index (χ1v) is 5.53. The van der Waals surface area contributed by atoms with E-state index in [1.54, 1.807) is 13.8 Å². The number of hydrogen-bond acceptors (Lipinski definition) is 5. The average Bonchev–Trinajstić information content (AvgIpc) is 2.73. The molecule has 2 amide bonds. The molecule has 0 saturated heterocycles. The monoisotopic (exact) mass is 269 g/mol. The van der Waals surface area contributed by atoms with E-state index in [0.29, 0.717) is 0 Å². The highest BCUT2D eigenvalue weighted by Crippen LogP contribution is 2.01. The number of primary amides is 1. The van der Waals surface area contributed by atoms with Crippen molar-refractivity contribution in [3.63, 3.8) is 0 Å². The number of rotatable bonds is 6. The number of carboxylic acid groups (broad SMARTS) is 1. The fraction of sp³-hybridized carbons (Fsp3) is 0.500. The van der Waals surface area contributed by atoms with Gasteiger partial charge < -0.3 is 16.2 Å². The third kappa shape index (κ3) is 4.05. The first kappa shape index (κ1) is 14.6. The molecule has 4 N–H and O–H groups in total. The average molecular weight is 269 g/mol. The third-order valence-electron chi connectivity index (χ3n) is 2.35. The fourth-order valence-corrected chi connectivity index (χ4v) is 1.41. The van der Waals surface area contributed by atoms with Crippen LogP contribution >= 0.6 is 0 Å². The van der Waals surface area contributed by atoms with Gasteiger partial charge in [0, 0.05) is 0 Å². The number of aromatic nitrogens is 3. The minimum atomic E-state index is -1.23. The molecule has 0 aliphatic heterocycles. The molecular formula is C10H15N5O4. The first-order chi connectivity index (χ1) is 8.81. The molecule has 1 unspecified atom stereocenters. The number of nitrogens with two attached hydrogens (primary N) is 1. The molecule has 1 rings (SSSR count). The number of hydrogen-bond donors (Lipinski definition) is 3. The zero-order chi connectivity index (χ0) is 14.6. The lowest BCUT2D eigenvalue weighted by Gasteiger charge is -2.18. The number of aromatic carboxylic acids is 1. The normalized spacial score (nSPS) is 12.2. The second-order valence-electron chi connectivity index (χ2n) is 4.30. The molecular weight excluding hydrogens is 254 g/mol. The van der Waals surface area contributed by atoms with E-state index >= 15 is 0 Å². The maximum atomic E-state index is 11.7. The van der Waals surface area contributed by atoms with E-state index in [-0.39, 0.29) is 18.2 Å². The summed E-state index contributed by atoms with van der Waals surface area (Å²) in [5.74, 6) is -2.51. The summed E-state index contributed by atoms with van der Waals surface area (Å²) >= 11 is 0. The minimum absolute atomic E-state index is 0.147. The largest absolute Gasteiger partial charge is 0.476 e. The highest BCUT2D eigenvalue weighted by Gasteiger charge is 2.22. The summed E-state index contributed by atoms with van der Waals surface area (Å²) in [7, 11) is 0. The lowest BCUT2D eigenvalue weighted by molar-refractivity contribution is -0.128. The van der Waals surface area contributed by atoms with E-state index < -0.39 is 23.8 Å². The molecule has 9 nitrogen and oxygen atoms in total. The summed E-state index contributed by atoms with van der Waals surface area (Å²) in [4.78, 5) is 33.4. The van der Waals surface area contributed by atoms with Gasteiger partial charge in [-0.15, -0.1) is 5.10 Å². The second-order valence-corrected chi connectivity index (χ2v) is 4.30. The van der Waals surface area contributed by atoms with Crippen LogP contribution in [-0.2, 0) is 16.1 Å². The number of nitrogens with zero attached hydrogens (tertiary/aromatic N) is 3. The van der Waals surface area contributed by atoms with Crippen molar-refractivity contribution < 1.29 is 19.5 Å². The lowest BCUT2D eigenvalue weighted by Crippen LogP contribution is -2.48. The van der Waals surface area contributed by atoms with Crippen molar-refractivity contribution in [3.8, 4) is 0 Å². The maximum Gasteiger partial charge on any atom is 0.358 e. The molecule has 0 saturated carbocycles. The van der Waals surface area contributed by atoms with E-state index in [0.717, 1.165) is 10.9 Å². The van der Waals surface area contributed by atoms with Crippen molar-refractivity contribution in [1.82, 2.24) is 20.3 Å². The fourth-order valence-electron chi connectivity index (χ4n) is 1.41. The van der Waals surface area contributed by atoms with Crippen LogP contribution in [0.4, 0.5) is 0 Å². The Hall–Kier alpha value is -2.45. The number of carboxylic acids is 1. The number of nitrogens with one attached hydrogen (secondary N) is 1. The summed E-state index contributed by atoms with van der Waals surface area (Å²) in [6.07, 6.45) is 1.12. The van der Waals surface area contributed by atoms with Gasteiger partial charge in [0.2, 0.25) is 11.8 Å². The van der Waals surface area contributed by atoms with Crippen LogP contribution in [0.15, 0.2) is 6.20 Å². The minimum Gasteiger partial charge on any atom is -0.476 e. The zero-order valence-corrected chi connectivity index (χ0v) is 10.5. The molecule has 1 atom stereocenters. The molecule has 0 aliphatic rings. The van der Waals surface area contributed by atoms with Gasteiger partial charge in [0.05, 0.1) is 6.20 Å². The zero-order valence-electron chi connectivity index (χ0n) is 10.5. The van der Waals surface area contributed by atoms with E-state index in [4.69, 9.17) is 10.8 Å². The molecule has 104 valence electrons. The second kappa shape index (κ2) is 5.94. The summed E-state index contributed by atoms with van der Waals surface area (Å²) < 4.78 is 1.07. The van der Waals surface area contributed by atoms with Gasteiger partial charge in [-0.25, -0.2) is 9.48 Å². The Balaban J connectivity index is 2.63. The lowest BCUT2D eigenvalue weighted by atomic mass is 10.0. The molecule has 1 aromatic rings. The maximum absolute atomic E-state index is 11.7. The van der Waals surface area contributed by atoms with Gasteiger partial charge in [-0.05, 0) is 5.92 Å². The highest BCUT2D eigenvalue weighted by molar-refractivity contribution is 5.87. The van der Waals surface area contributed by atoms with Gasteiger partial charge in [-0.1, -0.05) is 19.1 Å². The SMILES string of the molecule is CC(C)C(NC(=O)Cn1cc(C(=O)O)nn1)C(N)=O. The number of carbonyl (C=O) groups is 3. The predicted octanol–water partition coefficient (Wildman–Crippen LogP) is -1.40. The van der Waals surface area contributed by atoms with E-state index in [1.807, 2.05) is 0 Å². The molecule has 1 heterocycles. The Morgan fingerprint density at radius 2 is 2.11 bits per heavy atom. The summed E-state index contributed by atoms with van der Waals surface area (Å²) in [5, 5.41) is 17.9. The Morgan fingerprint density at radius 3 is 2.53 bits per heavy atom. The molecule has 0 radical (unpaired) electrons. The summed E-state index contributed by atoms with van der Waals surface area (Å²) in [6, 6.07) is -0.782. The Labute approximate surface area is 108 Å². The smallest absolute Gasteiger partial charge is 0.358 e. The number of carbonyl (C=O) groups excluding carboxylic acids is 2. The van der Waals surface area contributed by atoms with Crippen LogP contribution in [0.3, 0.4) is 0 Å². The van der Waals surface area contributed by atoms with Crippen LogP contribution in [0.25, 0.3) is 0 Å². The Kier molecular flexibility index (Phi) is 4.56. The van der Waals surface area contributed by atoms with Crippen molar-refractivity contribution in [1.29, 1.82) is 0 Å². The quantitative estimate of drug-likeness (QED) is 0.580. The third-order valence-corrected chi connectivity index (χ3v) is 2.35. The molecule has 0 fully saturated rings. The van der Waals surface area contributed by atoms with E-state index in [9.17, 15) is 14.4 Å². The number of amides is 2. The predicted molar refractivity (Wildman–Crippen MR) is 62.9 cm³/mol. The topological polar surface area (TPSA) is 140 Å². The molecule has 0 aromatic carbocycles. The van der Waals surface area contributed by atoms with Crippen LogP contribution < -0.4 is 11.1 Å². The van der Waals surface area contributed by atoms with Crippen LogP contribution in [-0.4, -0.2) is 43.9 Å². The van der Waals surface area contributed by atoms with E-state index in [2.05, 4.69) is 15.6 Å². The van der Waals surface area contributed by atoms with Crippen molar-refractivity contribution in [3.05, 3.63) is 11.9 Å². The van der Waals surface area contributed by atoms with Gasteiger partial charge in [0.1, 0.15) is 12.6 Å². The molecule has 19 heavy (non-hydrogen) atoms. The van der Waals surface area contributed by atoms with Crippen LogP contribution in [0.2, 0.25) is 0 Å². The summed E-state index contributed by atoms with van der Waals surface area (Å²) in [6.45, 7) is 3.25. The summed E-state index contributed by atoms with van der Waals surface area (Å²) in [5.41, 5.74) is 4.90. The van der Waals surface area contributed by atoms with Gasteiger partial charge >= 0.3 is 5.97 Å². The van der Waals surface area contributed by atoms with Gasteiger partial charge in [0.25, 0.3) is 0 Å². The Morgan fingerprint density at radius 1 is 1.47 bits per heavy atom. The first-order valence-electron chi connectivity index (χ1n) is 5.53. The standard InChI is InChI=1S/C10H15N5O4/c1-5(2)8(9(11)17)12-7(16)4-15-3-6(10(18)19)13-14-15/h3,5,8H,4H2,1-2H3,(H2,11,17)(H,12,16)(H,18,19). The van der Waals surface area contributed by atoms with Crippen molar-refractivity contribution in [2.45, 2.75) is 26.4 Å². The molecule has 1 aromatic heterocycles. The van der Waals surface area contributed by atoms with Crippen LogP contribution in [0.5, 0.6) is 0 Å². The molecule has 0 bridgehead atoms. The van der Waals surface area contributed by atoms with E-state index in [1.165, 1.54) is 0 Å². The molecule has 0 aliphatic carbocycles. The Bertz CT molecular complexity index is 496. The van der Waals surface area contributed by atoms with Gasteiger partial charge in [-0.3, -0.25) is 9.59 Å². The van der Waals surface area contributed by atoms with Crippen molar-refractivity contribution in [2.24, 2.45) is 11.7 Å². The van der Waals surface area contributed by atoms with Crippen LogP contribution in [0.1, 0.15) is 24.3 Å². The van der Waals surface area contributed by atoms with Gasteiger partial charge in [0.15, 0.2) is 5.69 Å². The van der Waals surface area contributed by atoms with Crippen molar-refractivity contribution >= 4 is 17.8 Å². The van der Waals surface area contributed by atoms with Crippen molar-refractivity contribution in [2.75, 3.05) is 0 Å².